The first-order chi connectivity index (χ1) is 12.5. The molecule has 8 heteroatoms. The Morgan fingerprint density at radius 1 is 1.15 bits per heavy atom. The van der Waals surface area contributed by atoms with E-state index in [1.807, 2.05) is 41.6 Å². The highest BCUT2D eigenvalue weighted by Gasteiger charge is 2.16. The van der Waals surface area contributed by atoms with Crippen LogP contribution in [-0.2, 0) is 0 Å². The number of carbonyl (C=O) groups excluding carboxylic acids is 1. The summed E-state index contributed by atoms with van der Waals surface area (Å²) in [5, 5.41) is 13.3. The van der Waals surface area contributed by atoms with Crippen molar-refractivity contribution in [3.8, 4) is 17.0 Å². The summed E-state index contributed by atoms with van der Waals surface area (Å²) in [6, 6.07) is 12.7. The van der Waals surface area contributed by atoms with Crippen LogP contribution in [0.2, 0.25) is 0 Å². The Balaban J connectivity index is 1.67. The van der Waals surface area contributed by atoms with Gasteiger partial charge in [0.1, 0.15) is 5.75 Å². The van der Waals surface area contributed by atoms with Crippen LogP contribution in [0.4, 0.5) is 10.3 Å². The Morgan fingerprint density at radius 3 is 2.73 bits per heavy atom. The minimum Gasteiger partial charge on any atom is -0.507 e. The van der Waals surface area contributed by atoms with Crippen molar-refractivity contribution in [1.82, 2.24) is 9.97 Å². The molecule has 0 atom stereocenters. The first kappa shape index (κ1) is 16.5. The fraction of sp³-hybridized carbons (Fsp3) is 0.0556. The van der Waals surface area contributed by atoms with Crippen LogP contribution in [0, 0.1) is 0 Å². The molecule has 130 valence electrons. The molecule has 2 aromatic heterocycles. The molecule has 26 heavy (non-hydrogen) atoms. The number of rotatable bonds is 4. The first-order valence-electron chi connectivity index (χ1n) is 7.71. The lowest BCUT2D eigenvalue weighted by atomic mass is 10.1. The van der Waals surface area contributed by atoms with E-state index in [-0.39, 0.29) is 11.3 Å². The highest BCUT2D eigenvalue weighted by Crippen LogP contribution is 2.35. The van der Waals surface area contributed by atoms with E-state index in [9.17, 15) is 9.90 Å². The molecule has 2 heterocycles. The number of carbonyl (C=O) groups is 1. The van der Waals surface area contributed by atoms with E-state index in [1.54, 1.807) is 23.5 Å². The van der Waals surface area contributed by atoms with Crippen LogP contribution in [0.1, 0.15) is 10.4 Å². The third-order valence-electron chi connectivity index (χ3n) is 3.91. The lowest BCUT2D eigenvalue weighted by molar-refractivity contribution is 0.0998. The summed E-state index contributed by atoms with van der Waals surface area (Å²) in [5.41, 5.74) is 7.76. The molecule has 0 aliphatic rings. The van der Waals surface area contributed by atoms with Gasteiger partial charge < -0.3 is 10.8 Å². The van der Waals surface area contributed by atoms with Crippen LogP contribution in [-0.4, -0.2) is 28.0 Å². The number of hydrogen-bond acceptors (Lipinski definition) is 7. The van der Waals surface area contributed by atoms with Gasteiger partial charge in [0.15, 0.2) is 10.3 Å². The number of nitrogens with zero attached hydrogens (tertiary/aromatic N) is 3. The van der Waals surface area contributed by atoms with Gasteiger partial charge in [-0.1, -0.05) is 23.5 Å². The Bertz CT molecular complexity index is 1090. The van der Waals surface area contributed by atoms with Crippen molar-refractivity contribution in [2.45, 2.75) is 0 Å². The number of para-hydroxylation sites is 1. The number of fused-ring (bicyclic) bond motifs is 1. The maximum absolute atomic E-state index is 11.4. The van der Waals surface area contributed by atoms with Gasteiger partial charge in [-0.25, -0.2) is 9.97 Å². The molecule has 0 unspecified atom stereocenters. The van der Waals surface area contributed by atoms with E-state index < -0.39 is 5.91 Å². The van der Waals surface area contributed by atoms with E-state index in [1.165, 1.54) is 17.4 Å². The van der Waals surface area contributed by atoms with Crippen molar-refractivity contribution < 1.29 is 9.90 Å². The normalized spacial score (nSPS) is 11.0. The molecule has 1 amide bonds. The second-order valence-corrected chi connectivity index (χ2v) is 7.48. The van der Waals surface area contributed by atoms with Gasteiger partial charge in [-0.3, -0.25) is 9.69 Å². The molecule has 4 rings (SSSR count). The summed E-state index contributed by atoms with van der Waals surface area (Å²) in [6.07, 6.45) is 0. The molecule has 4 aromatic rings. The lowest BCUT2D eigenvalue weighted by Crippen LogP contribution is -2.11. The zero-order valence-corrected chi connectivity index (χ0v) is 15.3. The maximum atomic E-state index is 11.4. The molecular formula is C18H14N4O2S2. The van der Waals surface area contributed by atoms with Gasteiger partial charge in [-0.15, -0.1) is 11.3 Å². The van der Waals surface area contributed by atoms with E-state index in [0.29, 0.717) is 5.69 Å². The van der Waals surface area contributed by atoms with Gasteiger partial charge >= 0.3 is 0 Å². The van der Waals surface area contributed by atoms with E-state index in [0.717, 1.165) is 26.0 Å². The number of anilines is 2. The predicted molar refractivity (Wildman–Crippen MR) is 105 cm³/mol. The Morgan fingerprint density at radius 2 is 1.96 bits per heavy atom. The van der Waals surface area contributed by atoms with E-state index in [4.69, 9.17) is 5.73 Å². The van der Waals surface area contributed by atoms with Crippen LogP contribution < -0.4 is 10.6 Å². The molecule has 3 N–H and O–H groups in total. The maximum Gasteiger partial charge on any atom is 0.252 e. The Labute approximate surface area is 157 Å². The SMILES string of the molecule is CN(c1nc(-c2ccc(O)c(C(N)=O)c2)cs1)c1nc2ccccc2s1. The third kappa shape index (κ3) is 2.89. The number of aromatic hydroxyl groups is 1. The van der Waals surface area contributed by atoms with Gasteiger partial charge in [0, 0.05) is 18.0 Å². The number of nitrogens with two attached hydrogens (primary N) is 1. The molecule has 0 saturated heterocycles. The molecule has 0 aliphatic heterocycles. The van der Waals surface area contributed by atoms with Crippen molar-refractivity contribution in [2.75, 3.05) is 11.9 Å². The zero-order valence-electron chi connectivity index (χ0n) is 13.7. The summed E-state index contributed by atoms with van der Waals surface area (Å²) in [6.45, 7) is 0. The number of amides is 1. The number of thiazole rings is 2. The van der Waals surface area contributed by atoms with Crippen molar-refractivity contribution >= 4 is 49.1 Å². The van der Waals surface area contributed by atoms with E-state index in [2.05, 4.69) is 9.97 Å². The summed E-state index contributed by atoms with van der Waals surface area (Å²) >= 11 is 3.08. The number of aromatic nitrogens is 2. The minimum atomic E-state index is -0.675. The smallest absolute Gasteiger partial charge is 0.252 e. The van der Waals surface area contributed by atoms with Crippen LogP contribution in [0.3, 0.4) is 0 Å². The van der Waals surface area contributed by atoms with Gasteiger partial charge in [-0.05, 0) is 30.3 Å². The quantitative estimate of drug-likeness (QED) is 0.557. The molecule has 0 fully saturated rings. The number of hydrogen-bond donors (Lipinski definition) is 2. The fourth-order valence-electron chi connectivity index (χ4n) is 2.53. The summed E-state index contributed by atoms with van der Waals surface area (Å²) in [4.78, 5) is 22.6. The number of phenols is 1. The van der Waals surface area contributed by atoms with E-state index >= 15 is 0 Å². The molecule has 0 saturated carbocycles. The zero-order chi connectivity index (χ0) is 18.3. The molecule has 0 aliphatic carbocycles. The molecule has 6 nitrogen and oxygen atoms in total. The van der Waals surface area contributed by atoms with Gasteiger partial charge in [0.25, 0.3) is 5.91 Å². The van der Waals surface area contributed by atoms with Crippen molar-refractivity contribution in [1.29, 1.82) is 0 Å². The molecule has 2 aromatic carbocycles. The van der Waals surface area contributed by atoms with Gasteiger partial charge in [0.2, 0.25) is 0 Å². The monoisotopic (exact) mass is 382 g/mol. The average molecular weight is 382 g/mol. The molecule has 0 radical (unpaired) electrons. The predicted octanol–water partition coefficient (Wildman–Crippen LogP) is 3.99. The fourth-order valence-corrected chi connectivity index (χ4v) is 4.32. The lowest BCUT2D eigenvalue weighted by Gasteiger charge is -2.11. The highest BCUT2D eigenvalue weighted by atomic mass is 32.1. The summed E-state index contributed by atoms with van der Waals surface area (Å²) in [5.74, 6) is -0.810. The van der Waals surface area contributed by atoms with Crippen molar-refractivity contribution in [3.63, 3.8) is 0 Å². The van der Waals surface area contributed by atoms with Crippen LogP contribution in [0.15, 0.2) is 47.8 Å². The molecule has 0 bridgehead atoms. The third-order valence-corrected chi connectivity index (χ3v) is 5.94. The van der Waals surface area contributed by atoms with Crippen molar-refractivity contribution in [2.24, 2.45) is 5.73 Å². The second kappa shape index (κ2) is 6.40. The number of primary amides is 1. The Hall–Kier alpha value is -2.97. The molecular weight excluding hydrogens is 368 g/mol. The highest BCUT2D eigenvalue weighted by molar-refractivity contribution is 7.22. The second-order valence-electron chi connectivity index (χ2n) is 5.63. The average Bonchev–Trinajstić information content (AvgIpc) is 3.28. The largest absolute Gasteiger partial charge is 0.507 e. The van der Waals surface area contributed by atoms with Crippen molar-refractivity contribution in [3.05, 3.63) is 53.4 Å². The van der Waals surface area contributed by atoms with Crippen LogP contribution >= 0.6 is 22.7 Å². The van der Waals surface area contributed by atoms with Gasteiger partial charge in [-0.2, -0.15) is 0 Å². The standard InChI is InChI=1S/C18H14N4O2S2/c1-22(18-20-12-4-2-3-5-15(12)26-18)17-21-13(9-25-17)10-6-7-14(23)11(8-10)16(19)24/h2-9,23H,1H3,(H2,19,24). The minimum absolute atomic E-state index is 0.0802. The summed E-state index contributed by atoms with van der Waals surface area (Å²) in [7, 11) is 1.92. The topological polar surface area (TPSA) is 92.3 Å². The van der Waals surface area contributed by atoms with Crippen LogP contribution in [0.5, 0.6) is 5.75 Å². The first-order valence-corrected chi connectivity index (χ1v) is 9.40. The van der Waals surface area contributed by atoms with Crippen LogP contribution in [0.25, 0.3) is 21.5 Å². The number of benzene rings is 2. The van der Waals surface area contributed by atoms with Gasteiger partial charge in [0.05, 0.1) is 21.5 Å². The summed E-state index contributed by atoms with van der Waals surface area (Å²) < 4.78 is 1.12. The molecule has 0 spiro atoms. The Kier molecular flexibility index (Phi) is 4.06.